The van der Waals surface area contributed by atoms with E-state index in [9.17, 15) is 4.79 Å². The lowest BCUT2D eigenvalue weighted by Crippen LogP contribution is -2.17. The molecular formula is C14H17NO2S. The first-order chi connectivity index (χ1) is 8.74. The second kappa shape index (κ2) is 4.94. The Bertz CT molecular complexity index is 442. The van der Waals surface area contributed by atoms with Crippen LogP contribution in [0.25, 0.3) is 0 Å². The van der Waals surface area contributed by atoms with Gasteiger partial charge in [0.2, 0.25) is 0 Å². The fraction of sp³-hybridized carbons (Fsp3) is 0.500. The lowest BCUT2D eigenvalue weighted by Gasteiger charge is -2.25. The summed E-state index contributed by atoms with van der Waals surface area (Å²) in [6.45, 7) is 0.584. The van der Waals surface area contributed by atoms with Crippen molar-refractivity contribution in [1.29, 1.82) is 0 Å². The summed E-state index contributed by atoms with van der Waals surface area (Å²) in [6, 6.07) is 8.92. The summed E-state index contributed by atoms with van der Waals surface area (Å²) in [6.07, 6.45) is 0.702. The average Bonchev–Trinajstić information content (AvgIpc) is 2.77. The number of aliphatic carboxylic acids is 1. The van der Waals surface area contributed by atoms with E-state index in [0.29, 0.717) is 13.0 Å². The van der Waals surface area contributed by atoms with Crippen LogP contribution in [0.5, 0.6) is 0 Å². The molecule has 96 valence electrons. The molecule has 2 atom stereocenters. The summed E-state index contributed by atoms with van der Waals surface area (Å²) in [5, 5.41) is 12.3. The van der Waals surface area contributed by atoms with E-state index in [-0.39, 0.29) is 12.0 Å². The summed E-state index contributed by atoms with van der Waals surface area (Å²) in [4.78, 5) is 10.9. The zero-order chi connectivity index (χ0) is 12.5. The van der Waals surface area contributed by atoms with Gasteiger partial charge in [0.25, 0.3) is 0 Å². The Morgan fingerprint density at radius 3 is 2.39 bits per heavy atom. The lowest BCUT2D eigenvalue weighted by atomic mass is 9.96. The number of carboxylic acids is 1. The summed E-state index contributed by atoms with van der Waals surface area (Å²) >= 11 is 2.00. The predicted octanol–water partition coefficient (Wildman–Crippen LogP) is 2.25. The highest BCUT2D eigenvalue weighted by atomic mass is 32.2. The Morgan fingerprint density at radius 2 is 1.89 bits per heavy atom. The average molecular weight is 263 g/mol. The van der Waals surface area contributed by atoms with Gasteiger partial charge in [-0.3, -0.25) is 4.79 Å². The molecule has 2 fully saturated rings. The van der Waals surface area contributed by atoms with E-state index in [4.69, 9.17) is 5.11 Å². The number of thioether (sulfide) groups is 1. The highest BCUT2D eigenvalue weighted by Gasteiger charge is 2.30. The molecule has 0 radical (unpaired) electrons. The number of carboxylic acid groups (broad SMARTS) is 1. The van der Waals surface area contributed by atoms with Crippen LogP contribution in [0.3, 0.4) is 0 Å². The predicted molar refractivity (Wildman–Crippen MR) is 73.0 cm³/mol. The minimum Gasteiger partial charge on any atom is -0.481 e. The monoisotopic (exact) mass is 263 g/mol. The van der Waals surface area contributed by atoms with Crippen LogP contribution in [0.2, 0.25) is 0 Å². The Kier molecular flexibility index (Phi) is 3.31. The fourth-order valence-electron chi connectivity index (χ4n) is 2.61. The molecule has 0 aliphatic carbocycles. The first-order valence-electron chi connectivity index (χ1n) is 6.38. The standard InChI is InChI=1S/C14H17NO2S/c16-14(17)11-5-13(15-6-11)10-3-1-9(2-4-10)12-7-18-8-12/h1-4,11-13,15H,5-8H2,(H,16,17). The van der Waals surface area contributed by atoms with Gasteiger partial charge in [0.05, 0.1) is 5.92 Å². The fourth-order valence-corrected chi connectivity index (χ4v) is 3.46. The Morgan fingerprint density at radius 1 is 1.22 bits per heavy atom. The number of nitrogens with one attached hydrogen (secondary N) is 1. The van der Waals surface area contributed by atoms with Crippen LogP contribution < -0.4 is 5.32 Å². The van der Waals surface area contributed by atoms with Gasteiger partial charge in [0.1, 0.15) is 0 Å². The van der Waals surface area contributed by atoms with Crippen molar-refractivity contribution in [2.24, 2.45) is 5.92 Å². The van der Waals surface area contributed by atoms with Gasteiger partial charge in [-0.2, -0.15) is 11.8 Å². The molecule has 0 aromatic heterocycles. The molecule has 0 spiro atoms. The van der Waals surface area contributed by atoms with Crippen molar-refractivity contribution in [2.45, 2.75) is 18.4 Å². The summed E-state index contributed by atoms with van der Waals surface area (Å²) < 4.78 is 0. The lowest BCUT2D eigenvalue weighted by molar-refractivity contribution is -0.141. The Balaban J connectivity index is 1.67. The van der Waals surface area contributed by atoms with E-state index in [1.54, 1.807) is 0 Å². The number of hydrogen-bond donors (Lipinski definition) is 2. The number of hydrogen-bond acceptors (Lipinski definition) is 3. The molecule has 0 saturated carbocycles. The highest BCUT2D eigenvalue weighted by molar-refractivity contribution is 8.00. The van der Waals surface area contributed by atoms with Crippen molar-refractivity contribution in [3.63, 3.8) is 0 Å². The van der Waals surface area contributed by atoms with Gasteiger partial charge in [0.15, 0.2) is 0 Å². The molecular weight excluding hydrogens is 246 g/mol. The maximum Gasteiger partial charge on any atom is 0.307 e. The van der Waals surface area contributed by atoms with E-state index in [2.05, 4.69) is 29.6 Å². The molecule has 0 bridgehead atoms. The van der Waals surface area contributed by atoms with Crippen LogP contribution >= 0.6 is 11.8 Å². The third-order valence-electron chi connectivity index (χ3n) is 3.93. The van der Waals surface area contributed by atoms with E-state index in [1.165, 1.54) is 22.6 Å². The smallest absolute Gasteiger partial charge is 0.307 e. The van der Waals surface area contributed by atoms with Gasteiger partial charge in [-0.15, -0.1) is 0 Å². The molecule has 3 rings (SSSR count). The van der Waals surface area contributed by atoms with Crippen molar-refractivity contribution in [1.82, 2.24) is 5.32 Å². The largest absolute Gasteiger partial charge is 0.481 e. The first kappa shape index (κ1) is 12.1. The molecule has 1 aromatic carbocycles. The van der Waals surface area contributed by atoms with Crippen molar-refractivity contribution >= 4 is 17.7 Å². The van der Waals surface area contributed by atoms with Crippen LogP contribution in [0.15, 0.2) is 24.3 Å². The van der Waals surface area contributed by atoms with Crippen molar-refractivity contribution in [3.05, 3.63) is 35.4 Å². The van der Waals surface area contributed by atoms with Crippen molar-refractivity contribution < 1.29 is 9.90 Å². The summed E-state index contributed by atoms with van der Waals surface area (Å²) in [5.41, 5.74) is 2.64. The number of carbonyl (C=O) groups is 1. The first-order valence-corrected chi connectivity index (χ1v) is 7.53. The minimum atomic E-state index is -0.687. The quantitative estimate of drug-likeness (QED) is 0.878. The van der Waals surface area contributed by atoms with Gasteiger partial charge < -0.3 is 10.4 Å². The van der Waals surface area contributed by atoms with Crippen molar-refractivity contribution in [2.75, 3.05) is 18.1 Å². The molecule has 2 aliphatic rings. The van der Waals surface area contributed by atoms with Crippen molar-refractivity contribution in [3.8, 4) is 0 Å². The molecule has 2 N–H and O–H groups in total. The zero-order valence-electron chi connectivity index (χ0n) is 10.1. The SMILES string of the molecule is O=C(O)C1CNC(c2ccc(C3CSC3)cc2)C1. The van der Waals surface area contributed by atoms with Gasteiger partial charge in [0, 0.05) is 30.0 Å². The maximum atomic E-state index is 10.9. The van der Waals surface area contributed by atoms with Gasteiger partial charge >= 0.3 is 5.97 Å². The van der Waals surface area contributed by atoms with Crippen LogP contribution in [0, 0.1) is 5.92 Å². The molecule has 18 heavy (non-hydrogen) atoms. The zero-order valence-corrected chi connectivity index (χ0v) is 11.0. The van der Waals surface area contributed by atoms with E-state index in [1.807, 2.05) is 11.8 Å². The molecule has 2 saturated heterocycles. The molecule has 3 nitrogen and oxygen atoms in total. The van der Waals surface area contributed by atoms with Crippen LogP contribution in [-0.2, 0) is 4.79 Å². The maximum absolute atomic E-state index is 10.9. The van der Waals surface area contributed by atoms with Crippen LogP contribution in [0.1, 0.15) is 29.5 Å². The molecule has 4 heteroatoms. The third-order valence-corrected chi connectivity index (χ3v) is 5.20. The topological polar surface area (TPSA) is 49.3 Å². The molecule has 0 amide bonds. The van der Waals surface area contributed by atoms with Gasteiger partial charge in [-0.05, 0) is 17.5 Å². The molecule has 2 unspecified atom stereocenters. The van der Waals surface area contributed by atoms with Crippen LogP contribution in [-0.4, -0.2) is 29.1 Å². The van der Waals surface area contributed by atoms with Gasteiger partial charge in [-0.1, -0.05) is 24.3 Å². The second-order valence-electron chi connectivity index (χ2n) is 5.13. The van der Waals surface area contributed by atoms with Crippen LogP contribution in [0.4, 0.5) is 0 Å². The van der Waals surface area contributed by atoms with Gasteiger partial charge in [-0.25, -0.2) is 0 Å². The van der Waals surface area contributed by atoms with E-state index < -0.39 is 5.97 Å². The minimum absolute atomic E-state index is 0.205. The number of rotatable bonds is 3. The number of benzene rings is 1. The Hall–Kier alpha value is -1.00. The van der Waals surface area contributed by atoms with E-state index in [0.717, 1.165) is 5.92 Å². The molecule has 2 heterocycles. The highest BCUT2D eigenvalue weighted by Crippen LogP contribution is 2.35. The normalized spacial score (nSPS) is 28.0. The second-order valence-corrected chi connectivity index (χ2v) is 6.21. The van der Waals surface area contributed by atoms with E-state index >= 15 is 0 Å². The summed E-state index contributed by atoms with van der Waals surface area (Å²) in [7, 11) is 0. The third kappa shape index (κ3) is 2.27. The molecule has 1 aromatic rings. The molecule has 2 aliphatic heterocycles. The Labute approximate surface area is 111 Å². The summed E-state index contributed by atoms with van der Waals surface area (Å²) in [5.74, 6) is 2.28.